The van der Waals surface area contributed by atoms with Gasteiger partial charge in [0.1, 0.15) is 0 Å². The Bertz CT molecular complexity index is 192. The van der Waals surface area contributed by atoms with E-state index >= 15 is 0 Å². The number of rotatable bonds is 6. The van der Waals surface area contributed by atoms with E-state index in [-0.39, 0.29) is 0 Å². The molecule has 0 N–H and O–H groups in total. The summed E-state index contributed by atoms with van der Waals surface area (Å²) in [6, 6.07) is 2.56. The van der Waals surface area contributed by atoms with Crippen molar-refractivity contribution in [2.24, 2.45) is 0 Å². The quantitative estimate of drug-likeness (QED) is 0.619. The summed E-state index contributed by atoms with van der Waals surface area (Å²) < 4.78 is 6.50. The van der Waals surface area contributed by atoms with Crippen LogP contribution in [0.25, 0.3) is 0 Å². The van der Waals surface area contributed by atoms with Crippen molar-refractivity contribution in [3.63, 3.8) is 0 Å². The Morgan fingerprint density at radius 2 is 1.40 bits per heavy atom. The molecular weight excluding hydrogens is 216 g/mol. The number of hydrogen-bond donors (Lipinski definition) is 0. The maximum absolute atomic E-state index is 6.50. The highest BCUT2D eigenvalue weighted by Gasteiger charge is 2.37. The van der Waals surface area contributed by atoms with Gasteiger partial charge in [-0.25, -0.2) is 0 Å². The van der Waals surface area contributed by atoms with Crippen molar-refractivity contribution in [2.75, 3.05) is 0 Å². The van der Waals surface area contributed by atoms with Crippen LogP contribution in [0.5, 0.6) is 0 Å². The molecule has 0 amide bonds. The molecule has 92 valence electrons. The Labute approximate surface area is 98.8 Å². The first-order valence-electron chi connectivity index (χ1n) is 6.37. The van der Waals surface area contributed by atoms with Crippen LogP contribution in [0.4, 0.5) is 0 Å². The Morgan fingerprint density at radius 1 is 0.933 bits per heavy atom. The molecule has 0 aliphatic carbocycles. The maximum Gasteiger partial charge on any atom is 0.191 e. The smallest absolute Gasteiger partial charge is 0.191 e. The van der Waals surface area contributed by atoms with Crippen molar-refractivity contribution < 1.29 is 4.43 Å². The fourth-order valence-electron chi connectivity index (χ4n) is 1.48. The molecular formula is C12H30OSi2. The molecule has 15 heavy (non-hydrogen) atoms. The van der Waals surface area contributed by atoms with Crippen molar-refractivity contribution in [1.82, 2.24) is 0 Å². The van der Waals surface area contributed by atoms with Gasteiger partial charge >= 0.3 is 0 Å². The van der Waals surface area contributed by atoms with Gasteiger partial charge in [-0.2, -0.15) is 0 Å². The normalized spacial score (nSPS) is 19.0. The number of hydrogen-bond acceptors (Lipinski definition) is 1. The summed E-state index contributed by atoms with van der Waals surface area (Å²) >= 11 is 0. The van der Waals surface area contributed by atoms with Crippen LogP contribution in [-0.4, -0.2) is 22.1 Å². The second-order valence-corrected chi connectivity index (χ2v) is 16.1. The van der Waals surface area contributed by atoms with E-state index in [2.05, 4.69) is 54.3 Å². The molecule has 0 spiro atoms. The molecule has 2 unspecified atom stereocenters. The lowest BCUT2D eigenvalue weighted by Gasteiger charge is -2.39. The minimum absolute atomic E-state index is 0.515. The average molecular weight is 247 g/mol. The highest BCUT2D eigenvalue weighted by Crippen LogP contribution is 2.30. The molecule has 3 heteroatoms. The third kappa shape index (κ3) is 4.04. The lowest BCUT2D eigenvalue weighted by molar-refractivity contribution is 0.268. The molecule has 0 saturated heterocycles. The highest BCUT2D eigenvalue weighted by molar-refractivity contribution is 6.80. The van der Waals surface area contributed by atoms with Crippen LogP contribution >= 0.6 is 0 Å². The molecule has 0 saturated carbocycles. The second kappa shape index (κ2) is 5.64. The lowest BCUT2D eigenvalue weighted by atomic mass is 10.6. The van der Waals surface area contributed by atoms with Gasteiger partial charge in [-0.15, -0.1) is 0 Å². The molecule has 0 aliphatic heterocycles. The Hall–Kier alpha value is 0.394. The summed E-state index contributed by atoms with van der Waals surface area (Å²) in [7, 11) is -2.60. The van der Waals surface area contributed by atoms with E-state index in [1.807, 2.05) is 0 Å². The van der Waals surface area contributed by atoms with Crippen molar-refractivity contribution in [2.45, 2.75) is 77.6 Å². The van der Waals surface area contributed by atoms with E-state index in [0.29, 0.717) is 5.73 Å². The summed E-state index contributed by atoms with van der Waals surface area (Å²) in [5, 5.41) is 0. The molecule has 0 aromatic rings. The van der Waals surface area contributed by atoms with Crippen molar-refractivity contribution in [3.05, 3.63) is 0 Å². The minimum Gasteiger partial charge on any atom is -0.417 e. The lowest BCUT2D eigenvalue weighted by Crippen LogP contribution is -2.49. The zero-order chi connectivity index (χ0) is 12.3. The largest absolute Gasteiger partial charge is 0.417 e. The minimum atomic E-state index is -1.46. The van der Waals surface area contributed by atoms with Crippen LogP contribution in [-0.2, 0) is 4.43 Å². The van der Waals surface area contributed by atoms with Crippen LogP contribution in [0.1, 0.15) is 34.6 Å². The molecule has 0 aliphatic rings. The van der Waals surface area contributed by atoms with E-state index in [9.17, 15) is 0 Å². The van der Waals surface area contributed by atoms with Gasteiger partial charge in [0.25, 0.3) is 0 Å². The summed E-state index contributed by atoms with van der Waals surface area (Å²) in [4.78, 5) is 0. The molecule has 2 atom stereocenters. The van der Waals surface area contributed by atoms with Gasteiger partial charge < -0.3 is 4.43 Å². The van der Waals surface area contributed by atoms with Crippen molar-refractivity contribution in [1.29, 1.82) is 0 Å². The summed E-state index contributed by atoms with van der Waals surface area (Å²) in [6.45, 7) is 18.8. The van der Waals surface area contributed by atoms with Crippen LogP contribution in [0.2, 0.25) is 37.3 Å². The van der Waals surface area contributed by atoms with Gasteiger partial charge in [0.15, 0.2) is 8.32 Å². The van der Waals surface area contributed by atoms with Crippen molar-refractivity contribution in [3.8, 4) is 0 Å². The third-order valence-electron chi connectivity index (χ3n) is 4.38. The van der Waals surface area contributed by atoms with Gasteiger partial charge in [0, 0.05) is 5.73 Å². The highest BCUT2D eigenvalue weighted by atomic mass is 28.4. The Kier molecular flexibility index (Phi) is 5.79. The third-order valence-corrected chi connectivity index (χ3v) is 13.5. The maximum atomic E-state index is 6.50. The van der Waals surface area contributed by atoms with Crippen LogP contribution in [0.15, 0.2) is 0 Å². The first kappa shape index (κ1) is 15.4. The molecule has 0 heterocycles. The summed E-state index contributed by atoms with van der Waals surface area (Å²) in [5.41, 5.74) is 1.24. The average Bonchev–Trinajstić information content (AvgIpc) is 2.17. The zero-order valence-corrected chi connectivity index (χ0v) is 14.0. The summed E-state index contributed by atoms with van der Waals surface area (Å²) in [5.74, 6) is 0. The van der Waals surface area contributed by atoms with E-state index < -0.39 is 16.4 Å². The molecule has 0 aromatic carbocycles. The fraction of sp³-hybridized carbons (Fsp3) is 1.00. The Balaban J connectivity index is 4.57. The van der Waals surface area contributed by atoms with E-state index in [0.717, 1.165) is 5.54 Å². The SMILES string of the molecule is CC[Si](C)(C)C(C)O[Si](C)(CC)C(C)C. The summed E-state index contributed by atoms with van der Waals surface area (Å²) in [6.07, 6.45) is 0. The first-order valence-corrected chi connectivity index (χ1v) is 12.3. The van der Waals surface area contributed by atoms with Crippen LogP contribution in [0.3, 0.4) is 0 Å². The standard InChI is InChI=1S/C12H30OSi2/c1-9-14(6,7)12(5)13-15(8,10-2)11(3)4/h11-12H,9-10H2,1-8H3. The molecule has 0 radical (unpaired) electrons. The monoisotopic (exact) mass is 246 g/mol. The molecule has 1 nitrogen and oxygen atoms in total. The van der Waals surface area contributed by atoms with Gasteiger partial charge in [-0.1, -0.05) is 46.8 Å². The topological polar surface area (TPSA) is 9.23 Å². The van der Waals surface area contributed by atoms with Gasteiger partial charge in [0.2, 0.25) is 0 Å². The van der Waals surface area contributed by atoms with Crippen LogP contribution < -0.4 is 0 Å². The molecule has 0 fully saturated rings. The second-order valence-electron chi connectivity index (χ2n) is 5.92. The van der Waals surface area contributed by atoms with Crippen LogP contribution in [0, 0.1) is 0 Å². The predicted molar refractivity (Wildman–Crippen MR) is 75.7 cm³/mol. The van der Waals surface area contributed by atoms with E-state index in [1.165, 1.54) is 12.1 Å². The van der Waals surface area contributed by atoms with Gasteiger partial charge in [-0.05, 0) is 25.1 Å². The van der Waals surface area contributed by atoms with Gasteiger partial charge in [0.05, 0.1) is 8.07 Å². The molecule has 0 bridgehead atoms. The first-order chi connectivity index (χ1) is 6.69. The predicted octanol–water partition coefficient (Wildman–Crippen LogP) is 4.66. The Morgan fingerprint density at radius 3 is 1.67 bits per heavy atom. The van der Waals surface area contributed by atoms with E-state index in [4.69, 9.17) is 4.43 Å². The molecule has 0 aromatic heterocycles. The fourth-order valence-corrected chi connectivity index (χ4v) is 6.20. The zero-order valence-electron chi connectivity index (χ0n) is 12.0. The van der Waals surface area contributed by atoms with E-state index in [1.54, 1.807) is 0 Å². The van der Waals surface area contributed by atoms with Crippen molar-refractivity contribution >= 4 is 16.4 Å². The molecule has 0 rings (SSSR count). The van der Waals surface area contributed by atoms with Gasteiger partial charge in [-0.3, -0.25) is 0 Å².